The highest BCUT2D eigenvalue weighted by Crippen LogP contribution is 2.23. The minimum atomic E-state index is -0.769. The van der Waals surface area contributed by atoms with Crippen LogP contribution in [-0.2, 0) is 6.42 Å². The molecule has 0 radical (unpaired) electrons. The summed E-state index contributed by atoms with van der Waals surface area (Å²) < 4.78 is 5.24. The van der Waals surface area contributed by atoms with Gasteiger partial charge in [0, 0.05) is 6.42 Å². The largest absolute Gasteiger partial charge is 0.469 e. The minimum absolute atomic E-state index is 0.200. The summed E-state index contributed by atoms with van der Waals surface area (Å²) in [5.74, 6) is -0.334. The van der Waals surface area contributed by atoms with Crippen LogP contribution in [0.2, 0.25) is 0 Å². The van der Waals surface area contributed by atoms with Gasteiger partial charge in [0.05, 0.1) is 17.9 Å². The van der Waals surface area contributed by atoms with Crippen LogP contribution < -0.4 is 0 Å². The Bertz CT molecular complexity index is 578. The van der Waals surface area contributed by atoms with Gasteiger partial charge in [0.15, 0.2) is 5.78 Å². The van der Waals surface area contributed by atoms with Crippen molar-refractivity contribution in [1.29, 1.82) is 5.26 Å². The Labute approximate surface area is 106 Å². The highest BCUT2D eigenvalue weighted by atomic mass is 16.3. The number of ketones is 1. The summed E-state index contributed by atoms with van der Waals surface area (Å²) in [5.41, 5.74) is 1.22. The molecular weight excluding hydrogens is 226 g/mol. The second kappa shape index (κ2) is 5.33. The summed E-state index contributed by atoms with van der Waals surface area (Å²) in [6.07, 6.45) is 2.13. The van der Waals surface area contributed by atoms with Gasteiger partial charge in [-0.2, -0.15) is 5.26 Å². The first kappa shape index (κ1) is 12.1. The number of benzene rings is 1. The Kier molecular flexibility index (Phi) is 3.59. The summed E-state index contributed by atoms with van der Waals surface area (Å²) in [6.45, 7) is 1.92. The van der Waals surface area contributed by atoms with Gasteiger partial charge in [0.2, 0.25) is 0 Å². The Morgan fingerprint density at radius 3 is 2.67 bits per heavy atom. The van der Waals surface area contributed by atoms with Crippen molar-refractivity contribution in [2.45, 2.75) is 19.3 Å². The molecule has 2 aromatic rings. The maximum absolute atomic E-state index is 12.3. The molecule has 0 saturated carbocycles. The fourth-order valence-electron chi connectivity index (χ4n) is 1.92. The van der Waals surface area contributed by atoms with Crippen LogP contribution in [0.15, 0.2) is 47.1 Å². The van der Waals surface area contributed by atoms with Gasteiger partial charge in [0.25, 0.3) is 0 Å². The van der Waals surface area contributed by atoms with Gasteiger partial charge in [-0.05, 0) is 11.6 Å². The third-order valence-corrected chi connectivity index (χ3v) is 2.86. The fraction of sp³-hybridized carbons (Fsp3) is 0.200. The first-order valence-corrected chi connectivity index (χ1v) is 5.83. The Balaban J connectivity index is 2.36. The lowest BCUT2D eigenvalue weighted by Gasteiger charge is -2.07. The van der Waals surface area contributed by atoms with Crippen LogP contribution in [0.25, 0.3) is 0 Å². The molecule has 0 saturated heterocycles. The number of Topliss-reactive ketones (excluding diaryl/α,β-unsaturated/α-hetero) is 1. The highest BCUT2D eigenvalue weighted by molar-refractivity contribution is 6.03. The average Bonchev–Trinajstić information content (AvgIpc) is 2.89. The van der Waals surface area contributed by atoms with Gasteiger partial charge in [0.1, 0.15) is 11.7 Å². The first-order valence-electron chi connectivity index (χ1n) is 5.83. The van der Waals surface area contributed by atoms with Crippen molar-refractivity contribution < 1.29 is 9.21 Å². The number of furan rings is 1. The van der Waals surface area contributed by atoms with Crippen LogP contribution in [0.3, 0.4) is 0 Å². The molecule has 18 heavy (non-hydrogen) atoms. The third-order valence-electron chi connectivity index (χ3n) is 2.86. The molecule has 1 aromatic heterocycles. The normalized spacial score (nSPS) is 11.8. The molecule has 1 unspecified atom stereocenters. The van der Waals surface area contributed by atoms with Gasteiger partial charge in [-0.15, -0.1) is 0 Å². The predicted octanol–water partition coefficient (Wildman–Crippen LogP) is 3.33. The van der Waals surface area contributed by atoms with E-state index in [-0.39, 0.29) is 5.78 Å². The van der Waals surface area contributed by atoms with E-state index in [0.717, 1.165) is 0 Å². The van der Waals surface area contributed by atoms with Gasteiger partial charge in [-0.1, -0.05) is 37.3 Å². The molecule has 0 fully saturated rings. The molecule has 0 aliphatic heterocycles. The van der Waals surface area contributed by atoms with E-state index >= 15 is 0 Å². The molecule has 3 heteroatoms. The van der Waals surface area contributed by atoms with Crippen LogP contribution in [-0.4, -0.2) is 5.78 Å². The molecule has 0 aliphatic carbocycles. The van der Waals surface area contributed by atoms with Crippen LogP contribution >= 0.6 is 0 Å². The van der Waals surface area contributed by atoms with Crippen LogP contribution in [0.5, 0.6) is 0 Å². The average molecular weight is 239 g/mol. The maximum atomic E-state index is 12.3. The molecule has 90 valence electrons. The summed E-state index contributed by atoms with van der Waals surface area (Å²) in [7, 11) is 0. The van der Waals surface area contributed by atoms with Crippen molar-refractivity contribution in [1.82, 2.24) is 0 Å². The molecule has 0 amide bonds. The highest BCUT2D eigenvalue weighted by Gasteiger charge is 2.24. The van der Waals surface area contributed by atoms with Gasteiger partial charge < -0.3 is 4.42 Å². The van der Waals surface area contributed by atoms with E-state index in [1.54, 1.807) is 18.2 Å². The van der Waals surface area contributed by atoms with Crippen molar-refractivity contribution in [3.05, 3.63) is 59.5 Å². The zero-order valence-corrected chi connectivity index (χ0v) is 10.1. The number of carbonyl (C=O) groups excluding carboxylic acids is 1. The number of nitrogens with zero attached hydrogens (tertiary/aromatic N) is 1. The predicted molar refractivity (Wildman–Crippen MR) is 67.2 cm³/mol. The van der Waals surface area contributed by atoms with E-state index in [9.17, 15) is 10.1 Å². The number of hydrogen-bond acceptors (Lipinski definition) is 3. The molecule has 1 atom stereocenters. The van der Waals surface area contributed by atoms with Crippen molar-refractivity contribution in [2.24, 2.45) is 0 Å². The molecule has 1 aromatic carbocycles. The standard InChI is InChI=1S/C15H13NO2/c1-2-14-12(8-9-18-14)15(17)13(10-16)11-6-4-3-5-7-11/h3-9,13H,2H2,1H3. The van der Waals surface area contributed by atoms with E-state index in [0.29, 0.717) is 23.3 Å². The second-order valence-electron chi connectivity index (χ2n) is 3.95. The lowest BCUT2D eigenvalue weighted by Crippen LogP contribution is -2.12. The molecule has 1 heterocycles. The van der Waals surface area contributed by atoms with E-state index in [1.165, 1.54) is 6.26 Å². The van der Waals surface area contributed by atoms with Crippen molar-refractivity contribution in [3.63, 3.8) is 0 Å². The topological polar surface area (TPSA) is 54.0 Å². The quantitative estimate of drug-likeness (QED) is 0.769. The van der Waals surface area contributed by atoms with Gasteiger partial charge in [-0.25, -0.2) is 0 Å². The molecule has 3 nitrogen and oxygen atoms in total. The molecule has 2 rings (SSSR count). The summed E-state index contributed by atoms with van der Waals surface area (Å²) >= 11 is 0. The monoisotopic (exact) mass is 239 g/mol. The van der Waals surface area contributed by atoms with E-state index in [4.69, 9.17) is 4.42 Å². The smallest absolute Gasteiger partial charge is 0.187 e. The Hall–Kier alpha value is -2.34. The number of rotatable bonds is 4. The van der Waals surface area contributed by atoms with E-state index < -0.39 is 5.92 Å². The maximum Gasteiger partial charge on any atom is 0.187 e. The number of carbonyl (C=O) groups is 1. The molecule has 0 bridgehead atoms. The number of hydrogen-bond donors (Lipinski definition) is 0. The number of aryl methyl sites for hydroxylation is 1. The Morgan fingerprint density at radius 1 is 1.33 bits per heavy atom. The Morgan fingerprint density at radius 2 is 2.06 bits per heavy atom. The van der Waals surface area contributed by atoms with Crippen molar-refractivity contribution in [3.8, 4) is 6.07 Å². The van der Waals surface area contributed by atoms with Gasteiger partial charge >= 0.3 is 0 Å². The van der Waals surface area contributed by atoms with Crippen LogP contribution in [0.1, 0.15) is 34.5 Å². The van der Waals surface area contributed by atoms with Gasteiger partial charge in [-0.3, -0.25) is 4.79 Å². The summed E-state index contributed by atoms with van der Waals surface area (Å²) in [5, 5.41) is 9.21. The SMILES string of the molecule is CCc1occc1C(=O)C(C#N)c1ccccc1. The lowest BCUT2D eigenvalue weighted by molar-refractivity contribution is 0.0977. The van der Waals surface area contributed by atoms with E-state index in [1.807, 2.05) is 25.1 Å². The molecule has 0 aliphatic rings. The van der Waals surface area contributed by atoms with Crippen LogP contribution in [0, 0.1) is 11.3 Å². The molecular formula is C15H13NO2. The lowest BCUT2D eigenvalue weighted by atomic mass is 9.92. The first-order chi connectivity index (χ1) is 8.77. The fourth-order valence-corrected chi connectivity index (χ4v) is 1.92. The number of nitriles is 1. The zero-order valence-electron chi connectivity index (χ0n) is 10.1. The van der Waals surface area contributed by atoms with E-state index in [2.05, 4.69) is 6.07 Å². The van der Waals surface area contributed by atoms with Crippen molar-refractivity contribution in [2.75, 3.05) is 0 Å². The van der Waals surface area contributed by atoms with Crippen molar-refractivity contribution >= 4 is 5.78 Å². The molecule has 0 spiro atoms. The second-order valence-corrected chi connectivity index (χ2v) is 3.95. The third kappa shape index (κ3) is 2.18. The summed E-state index contributed by atoms with van der Waals surface area (Å²) in [4.78, 5) is 12.3. The minimum Gasteiger partial charge on any atom is -0.469 e. The zero-order chi connectivity index (χ0) is 13.0. The summed E-state index contributed by atoms with van der Waals surface area (Å²) in [6, 6.07) is 12.8. The molecule has 0 N–H and O–H groups in total. The van der Waals surface area contributed by atoms with Crippen LogP contribution in [0.4, 0.5) is 0 Å².